The van der Waals surface area contributed by atoms with Gasteiger partial charge < -0.3 is 0 Å². The normalized spacial score (nSPS) is 9.83. The van der Waals surface area contributed by atoms with Crippen molar-refractivity contribution in [2.75, 3.05) is 0 Å². The second-order valence-corrected chi connectivity index (χ2v) is 4.72. The van der Waals surface area contributed by atoms with Gasteiger partial charge in [-0.05, 0) is 0 Å². The summed E-state index contributed by atoms with van der Waals surface area (Å²) in [6, 6.07) is 0. The van der Waals surface area contributed by atoms with E-state index in [2.05, 4.69) is 39.8 Å². The average molecular weight is 675 g/mol. The van der Waals surface area contributed by atoms with Crippen LogP contribution in [0.25, 0.3) is 0 Å². The first-order chi connectivity index (χ1) is 4.54. The first kappa shape index (κ1) is 19.3. The van der Waals surface area contributed by atoms with Crippen molar-refractivity contribution in [2.45, 2.75) is 27.7 Å². The molecule has 12 heavy (non-hydrogen) atoms. The van der Waals surface area contributed by atoms with E-state index in [1.54, 1.807) is 19.4 Å². The van der Waals surface area contributed by atoms with Crippen molar-refractivity contribution >= 4 is 3.90 Å². The zero-order chi connectivity index (χ0) is 8.15. The maximum Gasteiger partial charge on any atom is 0 e. The zero-order valence-corrected chi connectivity index (χ0v) is 16.8. The Balaban J connectivity index is -0.000000405. The Bertz CT molecular complexity index is 137. The van der Waals surface area contributed by atoms with E-state index in [9.17, 15) is 0 Å². The molecule has 0 rings (SSSR count). The predicted octanol–water partition coefficient (Wildman–Crippen LogP) is 2.37. The summed E-state index contributed by atoms with van der Waals surface area (Å²) in [6.45, 7) is 8.75. The molecule has 0 aromatic carbocycles. The second kappa shape index (κ2) is 10.8. The standard InChI is InChI=1S/C9H15.3W/c1-8(2)6-5-7-9(3)4;;;/h5,8-9H,1-4H3;;;/q-1;;;. The average Bonchev–Trinajstić information content (AvgIpc) is 1.82. The quantitative estimate of drug-likeness (QED) is 0.404. The number of rotatable bonds is 3. The molecule has 0 bridgehead atoms. The molecule has 0 aliphatic rings. The smallest absolute Gasteiger partial charge is 0 e. The van der Waals surface area contributed by atoms with Crippen molar-refractivity contribution in [1.29, 1.82) is 0 Å². The molecule has 3 heteroatoms. The SMILES string of the molecule is CC(C)[C-]=C[C](=[W])C(C)C.[W].[W]. The maximum absolute atomic E-state index is 3.29. The van der Waals surface area contributed by atoms with Gasteiger partial charge in [0, 0.05) is 42.1 Å². The van der Waals surface area contributed by atoms with Crippen molar-refractivity contribution < 1.29 is 61.5 Å². The molecule has 0 nitrogen and oxygen atoms in total. The van der Waals surface area contributed by atoms with Crippen LogP contribution in [0.15, 0.2) is 6.08 Å². The van der Waals surface area contributed by atoms with Gasteiger partial charge in [-0.1, -0.05) is 0 Å². The fourth-order valence-corrected chi connectivity index (χ4v) is 0.660. The van der Waals surface area contributed by atoms with Gasteiger partial charge in [0.1, 0.15) is 0 Å². The molecule has 0 fully saturated rings. The molecule has 0 aliphatic heterocycles. The molecule has 0 amide bonds. The van der Waals surface area contributed by atoms with E-state index < -0.39 is 0 Å². The van der Waals surface area contributed by atoms with Crippen molar-refractivity contribution in [3.05, 3.63) is 12.2 Å². The van der Waals surface area contributed by atoms with Gasteiger partial charge in [0.2, 0.25) is 0 Å². The summed E-state index contributed by atoms with van der Waals surface area (Å²) in [7, 11) is 0. The second-order valence-electron chi connectivity index (χ2n) is 3.02. The van der Waals surface area contributed by atoms with Gasteiger partial charge in [0.05, 0.1) is 0 Å². The van der Waals surface area contributed by atoms with Gasteiger partial charge in [-0.3, -0.25) is 0 Å². The molecule has 0 aromatic rings. The topological polar surface area (TPSA) is 0 Å². The Morgan fingerprint density at radius 1 is 1.17 bits per heavy atom. The molecule has 0 spiro atoms. The molecule has 0 saturated heterocycles. The van der Waals surface area contributed by atoms with Gasteiger partial charge in [-0.15, -0.1) is 0 Å². The Morgan fingerprint density at radius 2 is 1.58 bits per heavy atom. The third-order valence-corrected chi connectivity index (χ3v) is 3.24. The van der Waals surface area contributed by atoms with Crippen LogP contribution < -0.4 is 0 Å². The van der Waals surface area contributed by atoms with Crippen LogP contribution in [-0.2, 0) is 61.5 Å². The summed E-state index contributed by atoms with van der Waals surface area (Å²) in [6.07, 6.45) is 5.43. The number of allylic oxidation sites excluding steroid dienone is 2. The van der Waals surface area contributed by atoms with Crippen molar-refractivity contribution in [1.82, 2.24) is 0 Å². The van der Waals surface area contributed by atoms with E-state index in [1.165, 1.54) is 3.90 Å². The van der Waals surface area contributed by atoms with Gasteiger partial charge in [-0.2, -0.15) is 0 Å². The summed E-state index contributed by atoms with van der Waals surface area (Å²) < 4.78 is 1.49. The Hall–Kier alpha value is 1.67. The van der Waals surface area contributed by atoms with E-state index in [0.717, 1.165) is 0 Å². The summed E-state index contributed by atoms with van der Waals surface area (Å²) in [5.41, 5.74) is 0. The summed E-state index contributed by atoms with van der Waals surface area (Å²) in [4.78, 5) is 0. The first-order valence-electron chi connectivity index (χ1n) is 3.67. The maximum atomic E-state index is 3.29. The van der Waals surface area contributed by atoms with Crippen LogP contribution in [0.4, 0.5) is 0 Å². The Labute approximate surface area is 116 Å². The van der Waals surface area contributed by atoms with Crippen LogP contribution >= 0.6 is 0 Å². The van der Waals surface area contributed by atoms with E-state index in [0.29, 0.717) is 11.8 Å². The van der Waals surface area contributed by atoms with Crippen molar-refractivity contribution in [3.8, 4) is 0 Å². The first-order valence-corrected chi connectivity index (χ1v) is 5.13. The Morgan fingerprint density at radius 3 is 1.83 bits per heavy atom. The number of hydrogen-bond donors (Lipinski definition) is 0. The third-order valence-electron chi connectivity index (χ3n) is 1.13. The zero-order valence-electron chi connectivity index (χ0n) is 7.96. The fraction of sp³-hybridized carbons (Fsp3) is 0.667. The summed E-state index contributed by atoms with van der Waals surface area (Å²) >= 11 is 1.57. The molecule has 0 unspecified atom stereocenters. The third kappa shape index (κ3) is 11.7. The van der Waals surface area contributed by atoms with Gasteiger partial charge in [0.25, 0.3) is 0 Å². The van der Waals surface area contributed by atoms with E-state index in [4.69, 9.17) is 0 Å². The van der Waals surface area contributed by atoms with Crippen LogP contribution in [-0.4, -0.2) is 3.90 Å². The van der Waals surface area contributed by atoms with Crippen LogP contribution in [0.3, 0.4) is 0 Å². The van der Waals surface area contributed by atoms with Gasteiger partial charge in [0.15, 0.2) is 0 Å². The molecular weight excluding hydrogens is 660 g/mol. The minimum Gasteiger partial charge on any atom is 0 e. The van der Waals surface area contributed by atoms with Gasteiger partial charge in [-0.25, -0.2) is 0 Å². The largest absolute Gasteiger partial charge is 0 e. The molecule has 0 atom stereocenters. The fourth-order valence-electron chi connectivity index (χ4n) is 0.415. The molecular formula is C9H15W3-. The van der Waals surface area contributed by atoms with Crippen LogP contribution in [0, 0.1) is 17.9 Å². The predicted molar refractivity (Wildman–Crippen MR) is 42.5 cm³/mol. The minimum absolute atomic E-state index is 0. The molecule has 0 N–H and O–H groups in total. The molecule has 0 aliphatic carbocycles. The Kier molecular flexibility index (Phi) is 17.3. The van der Waals surface area contributed by atoms with Crippen LogP contribution in [0.1, 0.15) is 27.7 Å². The molecule has 0 heterocycles. The minimum atomic E-state index is 0. The summed E-state index contributed by atoms with van der Waals surface area (Å²) in [5, 5.41) is 0. The van der Waals surface area contributed by atoms with E-state index in [-0.39, 0.29) is 42.1 Å². The monoisotopic (exact) mass is 675 g/mol. The van der Waals surface area contributed by atoms with Crippen LogP contribution in [0.5, 0.6) is 0 Å². The van der Waals surface area contributed by atoms with E-state index in [1.807, 2.05) is 0 Å². The van der Waals surface area contributed by atoms with Gasteiger partial charge >= 0.3 is 74.9 Å². The van der Waals surface area contributed by atoms with Crippen molar-refractivity contribution in [3.63, 3.8) is 0 Å². The molecule has 0 radical (unpaired) electrons. The van der Waals surface area contributed by atoms with Crippen molar-refractivity contribution in [2.24, 2.45) is 11.8 Å². The molecule has 0 saturated carbocycles. The van der Waals surface area contributed by atoms with E-state index >= 15 is 0 Å². The molecule has 0 aromatic heterocycles. The summed E-state index contributed by atoms with van der Waals surface area (Å²) in [5.74, 6) is 1.26. The van der Waals surface area contributed by atoms with Crippen LogP contribution in [0.2, 0.25) is 0 Å². The molecule has 70 valence electrons. The number of hydrogen-bond acceptors (Lipinski definition) is 0.